The number of aromatic nitrogens is 1. The van der Waals surface area contributed by atoms with Gasteiger partial charge in [0.25, 0.3) is 5.60 Å². The molecule has 1 aromatic heterocycles. The summed E-state index contributed by atoms with van der Waals surface area (Å²) in [6.07, 6.45) is 12.7. The van der Waals surface area contributed by atoms with Gasteiger partial charge in [-0.2, -0.15) is 0 Å². The van der Waals surface area contributed by atoms with E-state index in [9.17, 15) is 14.7 Å². The van der Waals surface area contributed by atoms with Gasteiger partial charge < -0.3 is 38.7 Å². The number of piperidine rings is 1. The van der Waals surface area contributed by atoms with Gasteiger partial charge in [0.15, 0.2) is 11.8 Å². The first-order valence-electron chi connectivity index (χ1n) is 22.2. The average molecular weight is 889 g/mol. The van der Waals surface area contributed by atoms with Gasteiger partial charge in [0.2, 0.25) is 0 Å². The molecule has 4 saturated heterocycles. The third-order valence-corrected chi connectivity index (χ3v) is 18.4. The maximum Gasteiger partial charge on any atom is 0.347 e. The maximum absolute atomic E-state index is 15.6. The van der Waals surface area contributed by atoms with E-state index in [1.807, 2.05) is 14.0 Å². The molecule has 6 aliphatic heterocycles. The number of epoxide rings is 1. The molecule has 0 amide bonds. The van der Waals surface area contributed by atoms with Crippen LogP contribution < -0.4 is 0 Å². The fraction of sp³-hybridized carbons (Fsp3) is 0.638. The second-order valence-electron chi connectivity index (χ2n) is 19.1. The molecule has 2 aromatic rings. The van der Waals surface area contributed by atoms with Crippen LogP contribution in [-0.2, 0) is 49.9 Å². The van der Waals surface area contributed by atoms with E-state index in [-0.39, 0.29) is 17.9 Å². The number of carbonyl (C=O) groups is 3. The van der Waals surface area contributed by atoms with Gasteiger partial charge in [0.05, 0.1) is 31.3 Å². The Balaban J connectivity index is 1.25. The van der Waals surface area contributed by atoms with Crippen LogP contribution >= 0.6 is 21.6 Å². The highest BCUT2D eigenvalue weighted by atomic mass is 33.1. The molecule has 1 aromatic carbocycles. The molecular weight excluding hydrogens is 829 g/mol. The maximum atomic E-state index is 15.6. The third-order valence-electron chi connectivity index (χ3n) is 16.7. The van der Waals surface area contributed by atoms with Crippen LogP contribution in [0.4, 0.5) is 0 Å². The van der Waals surface area contributed by atoms with Crippen molar-refractivity contribution in [3.05, 3.63) is 65.0 Å². The zero-order valence-corrected chi connectivity index (χ0v) is 38.7. The Labute approximate surface area is 371 Å². The number of carbonyl (C=O) groups excluding carboxylic acids is 3. The lowest BCUT2D eigenvalue weighted by Gasteiger charge is -2.58. The molecular formula is C47H60N4O9S2. The van der Waals surface area contributed by atoms with E-state index in [1.54, 1.807) is 28.7 Å². The molecule has 10 rings (SSSR count). The molecule has 2 aliphatic carbocycles. The van der Waals surface area contributed by atoms with Crippen molar-refractivity contribution in [2.45, 2.75) is 105 Å². The topological polar surface area (TPSA) is 146 Å². The van der Waals surface area contributed by atoms with Gasteiger partial charge in [-0.05, 0) is 92.7 Å². The number of nitrogens with zero attached hydrogens (tertiary/aromatic N) is 3. The van der Waals surface area contributed by atoms with Crippen molar-refractivity contribution < 1.29 is 43.2 Å². The van der Waals surface area contributed by atoms with Gasteiger partial charge in [-0.3, -0.25) is 19.4 Å². The highest BCUT2D eigenvalue weighted by Crippen LogP contribution is 2.82. The summed E-state index contributed by atoms with van der Waals surface area (Å²) < 4.78 is 31.8. The molecule has 7 heterocycles. The van der Waals surface area contributed by atoms with Crippen molar-refractivity contribution >= 4 is 50.4 Å². The second-order valence-corrected chi connectivity index (χ2v) is 21.6. The quantitative estimate of drug-likeness (QED) is 0.109. The van der Waals surface area contributed by atoms with E-state index in [1.165, 1.54) is 21.1 Å². The van der Waals surface area contributed by atoms with Crippen LogP contribution in [0.25, 0.3) is 10.9 Å². The Kier molecular flexibility index (Phi) is 10.0. The molecule has 2 N–H and O–H groups in total. The largest absolute Gasteiger partial charge is 0.468 e. The van der Waals surface area contributed by atoms with Crippen molar-refractivity contribution in [2.24, 2.45) is 22.7 Å². The van der Waals surface area contributed by atoms with E-state index >= 15 is 4.79 Å². The van der Waals surface area contributed by atoms with E-state index in [0.717, 1.165) is 58.0 Å². The zero-order chi connectivity index (χ0) is 43.8. The van der Waals surface area contributed by atoms with E-state index in [0.29, 0.717) is 51.6 Å². The number of methoxy groups -OCH3 is 3. The normalized spacial score (nSPS) is 41.3. The van der Waals surface area contributed by atoms with Gasteiger partial charge >= 0.3 is 17.9 Å². The molecule has 334 valence electrons. The van der Waals surface area contributed by atoms with Gasteiger partial charge in [-0.1, -0.05) is 53.7 Å². The van der Waals surface area contributed by atoms with Crippen LogP contribution in [-0.4, -0.2) is 145 Å². The number of rotatable bonds is 9. The number of benzene rings is 1. The molecule has 15 heteroatoms. The SMILES string of the molecule is CC[C@]1(O)C[C@H]2CN(CCc3c([nH]c4ccc(SSC)cc34)[C@@](C(=O)OC)(C3C=C4C(=CC3OC)N(C)[C@@]35O[C@]3(C(=O)OC)[C@H](OC(C)=O)[C@]3(CC)C=CCN6CC[C@]45[C@@H]63)C2)C1. The molecule has 0 radical (unpaired) electrons. The number of likely N-dealkylation sites (tertiary alicyclic amines) is 1. The third kappa shape index (κ3) is 5.21. The van der Waals surface area contributed by atoms with Crippen molar-refractivity contribution in [3.8, 4) is 0 Å². The van der Waals surface area contributed by atoms with Gasteiger partial charge in [-0.25, -0.2) is 4.79 Å². The van der Waals surface area contributed by atoms with Crippen LogP contribution in [0, 0.1) is 22.7 Å². The van der Waals surface area contributed by atoms with Crippen molar-refractivity contribution in [1.82, 2.24) is 19.7 Å². The predicted molar refractivity (Wildman–Crippen MR) is 236 cm³/mol. The average Bonchev–Trinajstić information content (AvgIpc) is 3.51. The van der Waals surface area contributed by atoms with Gasteiger partial charge in [0.1, 0.15) is 5.41 Å². The monoisotopic (exact) mass is 888 g/mol. The first-order valence-corrected chi connectivity index (χ1v) is 24.8. The number of aromatic amines is 1. The lowest BCUT2D eigenvalue weighted by Crippen LogP contribution is -2.73. The molecule has 5 fully saturated rings. The molecule has 2 bridgehead atoms. The van der Waals surface area contributed by atoms with Gasteiger partial charge in [-0.15, -0.1) is 0 Å². The summed E-state index contributed by atoms with van der Waals surface area (Å²) >= 11 is 0. The summed E-state index contributed by atoms with van der Waals surface area (Å²) in [4.78, 5) is 55.3. The van der Waals surface area contributed by atoms with Crippen LogP contribution in [0.15, 0.2) is 58.7 Å². The number of ether oxygens (including phenoxy) is 5. The Morgan fingerprint density at radius 2 is 1.84 bits per heavy atom. The molecule has 2 spiro atoms. The number of nitrogens with one attached hydrogen (secondary N) is 1. The highest BCUT2D eigenvalue weighted by Gasteiger charge is 2.99. The fourth-order valence-electron chi connectivity index (χ4n) is 14.5. The number of likely N-dealkylation sites (N-methyl/N-ethyl adjacent to an activating group) is 1. The van der Waals surface area contributed by atoms with E-state index < -0.39 is 63.2 Å². The summed E-state index contributed by atoms with van der Waals surface area (Å²) in [5.41, 5.74) is -2.01. The van der Waals surface area contributed by atoms with Crippen molar-refractivity contribution in [2.75, 3.05) is 67.4 Å². The lowest BCUT2D eigenvalue weighted by molar-refractivity contribution is -0.182. The molecule has 12 atom stereocenters. The minimum atomic E-state index is -1.64. The first kappa shape index (κ1) is 42.6. The standard InChI is InChI=1S/C47H60N4O9S2/c1-9-42(55)23-28-24-44(40(53)57-6,37-30(14-18-50(25-28)26-42)31-20-29(62-61-8)12-13-34(31)48-37)33-21-32-35(22-36(33)56-5)49(4)47-45(32)16-19-51-17-11-15-43(10-2,38(45)51)39(59-27(3)52)46(47,60-47)41(54)58-7/h11-13,15,20-22,28,33,36,38-39,48,55H,9-10,14,16-19,23-26H2,1-8H3/t28-,33?,36?,38+,39-,42+,43-,44+,45-,46+,47+/m1/s1. The van der Waals surface area contributed by atoms with Crippen LogP contribution in [0.3, 0.4) is 0 Å². The summed E-state index contributed by atoms with van der Waals surface area (Å²) in [5, 5.41) is 13.2. The number of fused-ring (bicyclic) bond motifs is 6. The first-order chi connectivity index (χ1) is 29.7. The zero-order valence-electron chi connectivity index (χ0n) is 37.1. The minimum absolute atomic E-state index is 0.0547. The van der Waals surface area contributed by atoms with E-state index in [4.69, 9.17) is 23.7 Å². The molecule has 13 nitrogen and oxygen atoms in total. The molecule has 62 heavy (non-hydrogen) atoms. The second kappa shape index (κ2) is 14.6. The van der Waals surface area contributed by atoms with E-state index in [2.05, 4.69) is 75.4 Å². The predicted octanol–water partition coefficient (Wildman–Crippen LogP) is 5.37. The summed E-state index contributed by atoms with van der Waals surface area (Å²) in [5.74, 6) is -2.07. The molecule has 1 saturated carbocycles. The Morgan fingerprint density at radius 3 is 2.53 bits per heavy atom. The van der Waals surface area contributed by atoms with Crippen LogP contribution in [0.2, 0.25) is 0 Å². The van der Waals surface area contributed by atoms with Crippen LogP contribution in [0.5, 0.6) is 0 Å². The minimum Gasteiger partial charge on any atom is -0.468 e. The van der Waals surface area contributed by atoms with Crippen molar-refractivity contribution in [3.63, 3.8) is 0 Å². The number of hydrogen-bond acceptors (Lipinski definition) is 14. The van der Waals surface area contributed by atoms with Crippen molar-refractivity contribution in [1.29, 1.82) is 0 Å². The number of H-pyrrole nitrogens is 1. The summed E-state index contributed by atoms with van der Waals surface area (Å²) in [7, 11) is 9.92. The molecule has 3 unspecified atom stereocenters. The Hall–Kier alpha value is -3.31. The highest BCUT2D eigenvalue weighted by molar-refractivity contribution is 8.76. The molecule has 8 aliphatic rings. The lowest BCUT2D eigenvalue weighted by atomic mass is 9.48. The van der Waals surface area contributed by atoms with Crippen LogP contribution in [0.1, 0.15) is 64.1 Å². The smallest absolute Gasteiger partial charge is 0.347 e. The Morgan fingerprint density at radius 1 is 1.05 bits per heavy atom. The Bertz CT molecular complexity index is 2330. The van der Waals surface area contributed by atoms with Gasteiger partial charge in [0, 0.05) is 91.8 Å². The number of hydrogen-bond donors (Lipinski definition) is 2. The summed E-state index contributed by atoms with van der Waals surface area (Å²) in [6.45, 7) is 9.00. The number of esters is 3. The number of aliphatic hydroxyl groups is 1. The fourth-order valence-corrected chi connectivity index (χ4v) is 15.9. The number of allylic oxidation sites excluding steroid dienone is 1. The summed E-state index contributed by atoms with van der Waals surface area (Å²) in [6, 6.07) is 6.26.